The number of ether oxygens (including phenoxy) is 3. The van der Waals surface area contributed by atoms with Crippen LogP contribution in [0.5, 0.6) is 17.2 Å². The lowest BCUT2D eigenvalue weighted by Gasteiger charge is -2.11. The zero-order valence-electron chi connectivity index (χ0n) is 18.1. The summed E-state index contributed by atoms with van der Waals surface area (Å²) in [4.78, 5) is 33.0. The Morgan fingerprint density at radius 1 is 1.12 bits per heavy atom. The summed E-state index contributed by atoms with van der Waals surface area (Å²) in [5, 5.41) is 3.56. The van der Waals surface area contributed by atoms with E-state index in [-0.39, 0.29) is 18.0 Å². The first kappa shape index (κ1) is 21.2. The minimum absolute atomic E-state index is 0.152. The van der Waals surface area contributed by atoms with Gasteiger partial charge in [-0.3, -0.25) is 14.2 Å². The zero-order chi connectivity index (χ0) is 22.7. The number of para-hydroxylation sites is 1. The van der Waals surface area contributed by atoms with Crippen LogP contribution in [-0.2, 0) is 17.9 Å². The maximum atomic E-state index is 13.0. The smallest absolute Gasteiger partial charge is 0.278 e. The minimum Gasteiger partial charge on any atom is -0.494 e. The molecule has 2 aromatic heterocycles. The number of carbonyl (C=O) groups is 1. The van der Waals surface area contributed by atoms with Crippen LogP contribution in [0.25, 0.3) is 21.9 Å². The molecule has 0 atom stereocenters. The number of methoxy groups -OCH3 is 2. The van der Waals surface area contributed by atoms with Crippen molar-refractivity contribution in [1.82, 2.24) is 19.9 Å². The van der Waals surface area contributed by atoms with Crippen molar-refractivity contribution in [2.45, 2.75) is 20.0 Å². The van der Waals surface area contributed by atoms with Gasteiger partial charge in [-0.1, -0.05) is 18.2 Å². The van der Waals surface area contributed by atoms with E-state index in [9.17, 15) is 9.59 Å². The highest BCUT2D eigenvalue weighted by atomic mass is 16.5. The molecule has 0 bridgehead atoms. The van der Waals surface area contributed by atoms with E-state index in [1.807, 2.05) is 31.2 Å². The highest BCUT2D eigenvalue weighted by molar-refractivity contribution is 6.05. The Morgan fingerprint density at radius 2 is 1.88 bits per heavy atom. The molecule has 2 aromatic carbocycles. The van der Waals surface area contributed by atoms with Crippen molar-refractivity contribution < 1.29 is 19.0 Å². The molecule has 0 fully saturated rings. The predicted octanol–water partition coefficient (Wildman–Crippen LogP) is 2.61. The molecule has 0 aliphatic heterocycles. The highest BCUT2D eigenvalue weighted by Crippen LogP contribution is 2.34. The molecule has 0 spiro atoms. The van der Waals surface area contributed by atoms with Gasteiger partial charge in [0.15, 0.2) is 11.5 Å². The number of hydrogen-bond acceptors (Lipinski definition) is 6. The first-order valence-corrected chi connectivity index (χ1v) is 10.2. The van der Waals surface area contributed by atoms with E-state index < -0.39 is 0 Å². The Morgan fingerprint density at radius 3 is 2.62 bits per heavy atom. The number of nitrogens with zero attached hydrogens (tertiary/aromatic N) is 2. The van der Waals surface area contributed by atoms with Gasteiger partial charge < -0.3 is 24.5 Å². The second-order valence-electron chi connectivity index (χ2n) is 7.10. The molecule has 0 aliphatic carbocycles. The summed E-state index contributed by atoms with van der Waals surface area (Å²) < 4.78 is 17.5. The standard InChI is InChI=1S/C23H24N4O5/c1-4-32-17-8-6-5-7-14(17)11-24-20(28)12-27-13-25-21-15-9-18(30-2)19(31-3)10-16(15)26-22(21)23(27)29/h5-10,13,26H,4,11-12H2,1-3H3,(H,24,28). The van der Waals surface area contributed by atoms with E-state index in [1.165, 1.54) is 10.9 Å². The molecule has 4 aromatic rings. The van der Waals surface area contributed by atoms with E-state index in [0.717, 1.165) is 16.7 Å². The van der Waals surface area contributed by atoms with Crippen LogP contribution in [0.15, 0.2) is 47.5 Å². The number of carbonyl (C=O) groups excluding carboxylic acids is 1. The summed E-state index contributed by atoms with van der Waals surface area (Å²) in [7, 11) is 3.09. The Labute approximate surface area is 183 Å². The lowest BCUT2D eigenvalue weighted by atomic mass is 10.2. The topological polar surface area (TPSA) is 107 Å². The van der Waals surface area contributed by atoms with Gasteiger partial charge in [-0.25, -0.2) is 4.98 Å². The monoisotopic (exact) mass is 436 g/mol. The Hall–Kier alpha value is -4.01. The molecule has 9 heteroatoms. The normalized spacial score (nSPS) is 11.0. The van der Waals surface area contributed by atoms with E-state index in [1.54, 1.807) is 26.4 Å². The number of H-pyrrole nitrogens is 1. The third-order valence-electron chi connectivity index (χ3n) is 5.14. The van der Waals surface area contributed by atoms with Crippen LogP contribution in [0.1, 0.15) is 12.5 Å². The Bertz CT molecular complexity index is 1340. The van der Waals surface area contributed by atoms with Crippen molar-refractivity contribution in [1.29, 1.82) is 0 Å². The third-order valence-corrected chi connectivity index (χ3v) is 5.14. The molecule has 0 unspecified atom stereocenters. The maximum Gasteiger partial charge on any atom is 0.278 e. The second-order valence-corrected chi connectivity index (χ2v) is 7.10. The van der Waals surface area contributed by atoms with Crippen LogP contribution < -0.4 is 25.1 Å². The van der Waals surface area contributed by atoms with Gasteiger partial charge in [0.25, 0.3) is 5.56 Å². The zero-order valence-corrected chi connectivity index (χ0v) is 18.1. The largest absolute Gasteiger partial charge is 0.494 e. The lowest BCUT2D eigenvalue weighted by Crippen LogP contribution is -2.32. The van der Waals surface area contributed by atoms with Crippen molar-refractivity contribution in [2.24, 2.45) is 0 Å². The summed E-state index contributed by atoms with van der Waals surface area (Å²) in [5.41, 5.74) is 2.04. The van der Waals surface area contributed by atoms with Crippen LogP contribution in [0.4, 0.5) is 0 Å². The third kappa shape index (κ3) is 3.96. The van der Waals surface area contributed by atoms with Gasteiger partial charge in [-0.15, -0.1) is 0 Å². The van der Waals surface area contributed by atoms with E-state index in [2.05, 4.69) is 15.3 Å². The number of nitrogens with one attached hydrogen (secondary N) is 2. The number of benzene rings is 2. The molecular weight excluding hydrogens is 412 g/mol. The first-order chi connectivity index (χ1) is 15.5. The van der Waals surface area contributed by atoms with Gasteiger partial charge in [-0.05, 0) is 19.1 Å². The molecule has 32 heavy (non-hydrogen) atoms. The highest BCUT2D eigenvalue weighted by Gasteiger charge is 2.16. The average Bonchev–Trinajstić information content (AvgIpc) is 3.17. The lowest BCUT2D eigenvalue weighted by molar-refractivity contribution is -0.121. The fourth-order valence-electron chi connectivity index (χ4n) is 3.58. The molecule has 0 saturated heterocycles. The summed E-state index contributed by atoms with van der Waals surface area (Å²) >= 11 is 0. The fourth-order valence-corrected chi connectivity index (χ4v) is 3.58. The van der Waals surface area contributed by atoms with Crippen LogP contribution in [0.2, 0.25) is 0 Å². The van der Waals surface area contributed by atoms with Gasteiger partial charge in [0, 0.05) is 23.6 Å². The number of hydrogen-bond donors (Lipinski definition) is 2. The summed E-state index contributed by atoms with van der Waals surface area (Å²) in [6.07, 6.45) is 1.38. The Kier molecular flexibility index (Phi) is 5.98. The van der Waals surface area contributed by atoms with Crippen molar-refractivity contribution in [3.05, 3.63) is 58.6 Å². The number of amides is 1. The number of aromatic nitrogens is 3. The van der Waals surface area contributed by atoms with Gasteiger partial charge in [0.2, 0.25) is 5.91 Å². The summed E-state index contributed by atoms with van der Waals surface area (Å²) in [6, 6.07) is 11.0. The first-order valence-electron chi connectivity index (χ1n) is 10.2. The van der Waals surface area contributed by atoms with Gasteiger partial charge in [-0.2, -0.15) is 0 Å². The van der Waals surface area contributed by atoms with Crippen LogP contribution >= 0.6 is 0 Å². The molecular formula is C23H24N4O5. The second kappa shape index (κ2) is 9.01. The molecule has 2 heterocycles. The molecule has 0 aliphatic rings. The SMILES string of the molecule is CCOc1ccccc1CNC(=O)Cn1cnc2c([nH]c3cc(OC)c(OC)cc32)c1=O. The number of aromatic amines is 1. The average molecular weight is 436 g/mol. The number of fused-ring (bicyclic) bond motifs is 3. The van der Waals surface area contributed by atoms with Crippen molar-refractivity contribution in [2.75, 3.05) is 20.8 Å². The molecule has 1 amide bonds. The molecule has 166 valence electrons. The van der Waals surface area contributed by atoms with Crippen molar-refractivity contribution >= 4 is 27.8 Å². The van der Waals surface area contributed by atoms with Crippen molar-refractivity contribution in [3.8, 4) is 17.2 Å². The molecule has 4 rings (SSSR count). The number of rotatable bonds is 8. The summed E-state index contributed by atoms with van der Waals surface area (Å²) in [5.74, 6) is 1.50. The fraction of sp³-hybridized carbons (Fsp3) is 0.261. The van der Waals surface area contributed by atoms with Gasteiger partial charge in [0.1, 0.15) is 23.3 Å². The van der Waals surface area contributed by atoms with E-state index >= 15 is 0 Å². The molecule has 0 saturated carbocycles. The van der Waals surface area contributed by atoms with Gasteiger partial charge >= 0.3 is 0 Å². The Balaban J connectivity index is 1.57. The van der Waals surface area contributed by atoms with Crippen LogP contribution in [-0.4, -0.2) is 41.3 Å². The van der Waals surface area contributed by atoms with E-state index in [0.29, 0.717) is 41.2 Å². The minimum atomic E-state index is -0.339. The quantitative estimate of drug-likeness (QED) is 0.440. The maximum absolute atomic E-state index is 13.0. The molecule has 0 radical (unpaired) electrons. The predicted molar refractivity (Wildman–Crippen MR) is 120 cm³/mol. The molecule has 2 N–H and O–H groups in total. The molecule has 9 nitrogen and oxygen atoms in total. The van der Waals surface area contributed by atoms with Crippen LogP contribution in [0, 0.1) is 0 Å². The van der Waals surface area contributed by atoms with Gasteiger partial charge in [0.05, 0.1) is 32.7 Å². The van der Waals surface area contributed by atoms with E-state index in [4.69, 9.17) is 14.2 Å². The van der Waals surface area contributed by atoms with Crippen LogP contribution in [0.3, 0.4) is 0 Å². The summed E-state index contributed by atoms with van der Waals surface area (Å²) in [6.45, 7) is 2.58. The van der Waals surface area contributed by atoms with Crippen molar-refractivity contribution in [3.63, 3.8) is 0 Å².